The first-order valence-corrected chi connectivity index (χ1v) is 6.61. The van der Waals surface area contributed by atoms with Gasteiger partial charge >= 0.3 is 5.97 Å². The number of hydrogen-bond acceptors (Lipinski definition) is 5. The molecule has 0 spiro atoms. The van der Waals surface area contributed by atoms with Crippen LogP contribution < -0.4 is 10.6 Å². The van der Waals surface area contributed by atoms with Gasteiger partial charge in [-0.2, -0.15) is 0 Å². The molecule has 0 saturated heterocycles. The number of carbonyl (C=O) groups is 1. The van der Waals surface area contributed by atoms with Crippen molar-refractivity contribution in [3.8, 4) is 0 Å². The topological polar surface area (TPSA) is 87.1 Å². The van der Waals surface area contributed by atoms with Gasteiger partial charge in [0.15, 0.2) is 0 Å². The van der Waals surface area contributed by atoms with Crippen LogP contribution in [0.25, 0.3) is 0 Å². The van der Waals surface area contributed by atoms with Crippen molar-refractivity contribution in [2.45, 2.75) is 46.1 Å². The van der Waals surface area contributed by atoms with E-state index in [9.17, 15) is 4.79 Å². The van der Waals surface area contributed by atoms with Crippen LogP contribution in [0.4, 0.5) is 11.6 Å². The summed E-state index contributed by atoms with van der Waals surface area (Å²) in [6.45, 7) is 6.38. The second-order valence-corrected chi connectivity index (χ2v) is 4.52. The number of aromatic nitrogens is 2. The maximum Gasteiger partial charge on any atom is 0.325 e. The number of rotatable bonds is 8. The maximum absolute atomic E-state index is 10.8. The molecule has 1 atom stereocenters. The molecule has 0 aliphatic heterocycles. The lowest BCUT2D eigenvalue weighted by Crippen LogP contribution is -2.26. The van der Waals surface area contributed by atoms with Gasteiger partial charge in [0.25, 0.3) is 0 Å². The average molecular weight is 266 g/mol. The van der Waals surface area contributed by atoms with Crippen LogP contribution in [0.2, 0.25) is 0 Å². The standard InChI is InChI=1S/C13H22N4O2/c1-4-5-6-7-14-11-8-12(17-10(3)16-11)15-9(2)13(18)19/h8-9H,4-7H2,1-3H3,(H,18,19)(H2,14,15,16,17). The minimum atomic E-state index is -0.909. The molecule has 0 amide bonds. The summed E-state index contributed by atoms with van der Waals surface area (Å²) in [5, 5.41) is 14.9. The van der Waals surface area contributed by atoms with Gasteiger partial charge in [0, 0.05) is 12.6 Å². The zero-order valence-electron chi connectivity index (χ0n) is 11.7. The van der Waals surface area contributed by atoms with Crippen molar-refractivity contribution in [3.63, 3.8) is 0 Å². The predicted molar refractivity (Wildman–Crippen MR) is 75.5 cm³/mol. The third kappa shape index (κ3) is 5.54. The Morgan fingerprint density at radius 1 is 1.37 bits per heavy atom. The normalized spacial score (nSPS) is 11.9. The molecule has 0 bridgehead atoms. The first kappa shape index (κ1) is 15.2. The van der Waals surface area contributed by atoms with Gasteiger partial charge in [0.2, 0.25) is 0 Å². The molecule has 1 heterocycles. The second-order valence-electron chi connectivity index (χ2n) is 4.52. The lowest BCUT2D eigenvalue weighted by molar-refractivity contribution is -0.137. The number of nitrogens with zero attached hydrogens (tertiary/aromatic N) is 2. The summed E-state index contributed by atoms with van der Waals surface area (Å²) >= 11 is 0. The SMILES string of the molecule is CCCCCNc1cc(NC(C)C(=O)O)nc(C)n1. The highest BCUT2D eigenvalue weighted by molar-refractivity contribution is 5.76. The average Bonchev–Trinajstić information content (AvgIpc) is 2.34. The Balaban J connectivity index is 2.63. The Morgan fingerprint density at radius 3 is 2.68 bits per heavy atom. The molecule has 0 fully saturated rings. The largest absolute Gasteiger partial charge is 0.480 e. The quantitative estimate of drug-likeness (QED) is 0.626. The molecule has 19 heavy (non-hydrogen) atoms. The van der Waals surface area contributed by atoms with E-state index in [4.69, 9.17) is 5.11 Å². The minimum Gasteiger partial charge on any atom is -0.480 e. The highest BCUT2D eigenvalue weighted by Crippen LogP contribution is 2.12. The molecule has 3 N–H and O–H groups in total. The van der Waals surface area contributed by atoms with Crippen LogP contribution in [-0.2, 0) is 4.79 Å². The number of nitrogens with one attached hydrogen (secondary N) is 2. The monoisotopic (exact) mass is 266 g/mol. The van der Waals surface area contributed by atoms with E-state index in [0.717, 1.165) is 18.8 Å². The molecule has 1 aromatic rings. The van der Waals surface area contributed by atoms with Gasteiger partial charge in [-0.25, -0.2) is 9.97 Å². The number of aliphatic carboxylic acids is 1. The molecule has 0 aliphatic carbocycles. The summed E-state index contributed by atoms with van der Waals surface area (Å²) in [4.78, 5) is 19.2. The van der Waals surface area contributed by atoms with E-state index in [2.05, 4.69) is 27.5 Å². The smallest absolute Gasteiger partial charge is 0.325 e. The fourth-order valence-corrected chi connectivity index (χ4v) is 1.61. The Hall–Kier alpha value is -1.85. The molecule has 0 aliphatic rings. The van der Waals surface area contributed by atoms with Crippen LogP contribution in [0.3, 0.4) is 0 Å². The van der Waals surface area contributed by atoms with E-state index < -0.39 is 12.0 Å². The Bertz CT molecular complexity index is 423. The summed E-state index contributed by atoms with van der Waals surface area (Å²) in [6.07, 6.45) is 3.44. The molecule has 0 aromatic carbocycles. The molecular weight excluding hydrogens is 244 g/mol. The van der Waals surface area contributed by atoms with E-state index in [-0.39, 0.29) is 0 Å². The van der Waals surface area contributed by atoms with Crippen LogP contribution in [0.5, 0.6) is 0 Å². The Labute approximate surface area is 113 Å². The zero-order valence-corrected chi connectivity index (χ0v) is 11.7. The van der Waals surface area contributed by atoms with E-state index >= 15 is 0 Å². The number of aryl methyl sites for hydroxylation is 1. The molecule has 0 saturated carbocycles. The number of anilines is 2. The summed E-state index contributed by atoms with van der Waals surface area (Å²) < 4.78 is 0. The summed E-state index contributed by atoms with van der Waals surface area (Å²) in [7, 11) is 0. The van der Waals surface area contributed by atoms with Crippen molar-refractivity contribution < 1.29 is 9.90 Å². The molecular formula is C13H22N4O2. The molecule has 106 valence electrons. The molecule has 6 nitrogen and oxygen atoms in total. The summed E-state index contributed by atoms with van der Waals surface area (Å²) in [5.74, 6) is 0.957. The highest BCUT2D eigenvalue weighted by atomic mass is 16.4. The van der Waals surface area contributed by atoms with E-state index in [1.54, 1.807) is 19.9 Å². The highest BCUT2D eigenvalue weighted by Gasteiger charge is 2.11. The van der Waals surface area contributed by atoms with Crippen molar-refractivity contribution >= 4 is 17.6 Å². The lowest BCUT2D eigenvalue weighted by Gasteiger charge is -2.12. The third-order valence-corrected chi connectivity index (χ3v) is 2.66. The number of carboxylic acids is 1. The van der Waals surface area contributed by atoms with Crippen molar-refractivity contribution in [3.05, 3.63) is 11.9 Å². The van der Waals surface area contributed by atoms with Crippen molar-refractivity contribution in [1.82, 2.24) is 9.97 Å². The van der Waals surface area contributed by atoms with E-state index in [1.165, 1.54) is 12.8 Å². The zero-order chi connectivity index (χ0) is 14.3. The second kappa shape index (κ2) is 7.56. The van der Waals surface area contributed by atoms with Crippen molar-refractivity contribution in [2.75, 3.05) is 17.2 Å². The molecule has 1 aromatic heterocycles. The van der Waals surface area contributed by atoms with Crippen molar-refractivity contribution in [1.29, 1.82) is 0 Å². The van der Waals surface area contributed by atoms with E-state index in [1.807, 2.05) is 0 Å². The number of unbranched alkanes of at least 4 members (excludes halogenated alkanes) is 2. The maximum atomic E-state index is 10.8. The van der Waals surface area contributed by atoms with Crippen LogP contribution in [0, 0.1) is 6.92 Å². The molecule has 1 rings (SSSR count). The van der Waals surface area contributed by atoms with Gasteiger partial charge in [-0.05, 0) is 20.3 Å². The first-order valence-electron chi connectivity index (χ1n) is 6.61. The molecule has 6 heteroatoms. The van der Waals surface area contributed by atoms with Crippen LogP contribution in [0.15, 0.2) is 6.07 Å². The van der Waals surface area contributed by atoms with Gasteiger partial charge in [0.1, 0.15) is 23.5 Å². The first-order chi connectivity index (χ1) is 9.02. The fraction of sp³-hybridized carbons (Fsp3) is 0.615. The molecule has 0 radical (unpaired) electrons. The van der Waals surface area contributed by atoms with Crippen LogP contribution >= 0.6 is 0 Å². The summed E-state index contributed by atoms with van der Waals surface area (Å²) in [6, 6.07) is 1.06. The number of hydrogen-bond donors (Lipinski definition) is 3. The predicted octanol–water partition coefficient (Wildman–Crippen LogP) is 2.27. The van der Waals surface area contributed by atoms with Gasteiger partial charge in [-0.15, -0.1) is 0 Å². The third-order valence-electron chi connectivity index (χ3n) is 2.66. The van der Waals surface area contributed by atoms with Gasteiger partial charge in [0.05, 0.1) is 0 Å². The number of carboxylic acid groups (broad SMARTS) is 1. The van der Waals surface area contributed by atoms with Gasteiger partial charge in [-0.1, -0.05) is 19.8 Å². The van der Waals surface area contributed by atoms with Crippen LogP contribution in [0.1, 0.15) is 38.9 Å². The lowest BCUT2D eigenvalue weighted by atomic mass is 10.2. The fourth-order valence-electron chi connectivity index (χ4n) is 1.61. The Morgan fingerprint density at radius 2 is 2.05 bits per heavy atom. The minimum absolute atomic E-state index is 0.528. The Kier molecular flexibility index (Phi) is 6.05. The van der Waals surface area contributed by atoms with Gasteiger partial charge in [-0.3, -0.25) is 4.79 Å². The van der Waals surface area contributed by atoms with E-state index in [0.29, 0.717) is 11.6 Å². The molecule has 1 unspecified atom stereocenters. The van der Waals surface area contributed by atoms with Gasteiger partial charge < -0.3 is 15.7 Å². The van der Waals surface area contributed by atoms with Crippen LogP contribution in [-0.4, -0.2) is 33.6 Å². The van der Waals surface area contributed by atoms with Crippen molar-refractivity contribution in [2.24, 2.45) is 0 Å². The summed E-state index contributed by atoms with van der Waals surface area (Å²) in [5.41, 5.74) is 0.